The zero-order valence-corrected chi connectivity index (χ0v) is 17.0. The Labute approximate surface area is 179 Å². The minimum atomic E-state index is -4.32. The fourth-order valence-electron chi connectivity index (χ4n) is 2.97. The number of anilines is 2. The standard InChI is InChI=1S/C21H17F3N4O2S/c1-28-19-7-4-15(30-16-8-9-25-14(10-16)12-29)11-18(19)27-20(28)26-13-2-5-17(6-3-13)31-21(22,23)24/h2-11,29H,12H2,1H3,(H,26,27). The lowest BCUT2D eigenvalue weighted by atomic mass is 10.3. The largest absolute Gasteiger partial charge is 0.457 e. The highest BCUT2D eigenvalue weighted by Gasteiger charge is 2.29. The van der Waals surface area contributed by atoms with Crippen molar-refractivity contribution in [3.05, 3.63) is 66.5 Å². The van der Waals surface area contributed by atoms with Crippen LogP contribution in [0.2, 0.25) is 0 Å². The summed E-state index contributed by atoms with van der Waals surface area (Å²) < 4.78 is 45.1. The van der Waals surface area contributed by atoms with Crippen molar-refractivity contribution in [1.29, 1.82) is 0 Å². The molecule has 0 saturated heterocycles. The number of imidazole rings is 1. The molecule has 0 saturated carbocycles. The number of nitrogens with zero attached hydrogens (tertiary/aromatic N) is 3. The van der Waals surface area contributed by atoms with Gasteiger partial charge in [0.15, 0.2) is 0 Å². The molecule has 0 aliphatic carbocycles. The zero-order chi connectivity index (χ0) is 22.0. The number of aliphatic hydroxyl groups is 1. The van der Waals surface area contributed by atoms with Gasteiger partial charge in [0, 0.05) is 36.0 Å². The van der Waals surface area contributed by atoms with Crippen LogP contribution in [0.25, 0.3) is 11.0 Å². The van der Waals surface area contributed by atoms with Gasteiger partial charge in [-0.15, -0.1) is 0 Å². The van der Waals surface area contributed by atoms with Crippen molar-refractivity contribution >= 4 is 34.4 Å². The van der Waals surface area contributed by atoms with E-state index in [0.29, 0.717) is 34.3 Å². The summed E-state index contributed by atoms with van der Waals surface area (Å²) in [5.74, 6) is 1.65. The maximum atomic E-state index is 12.5. The number of thioether (sulfide) groups is 1. The minimum Gasteiger partial charge on any atom is -0.457 e. The number of aryl methyl sites for hydroxylation is 1. The monoisotopic (exact) mass is 446 g/mol. The van der Waals surface area contributed by atoms with Crippen LogP contribution in [-0.2, 0) is 13.7 Å². The van der Waals surface area contributed by atoms with Crippen molar-refractivity contribution in [1.82, 2.24) is 14.5 Å². The molecule has 6 nitrogen and oxygen atoms in total. The average Bonchev–Trinajstić information content (AvgIpc) is 3.03. The molecule has 2 heterocycles. The topological polar surface area (TPSA) is 72.2 Å². The Bertz CT molecular complexity index is 1210. The second-order valence-electron chi connectivity index (χ2n) is 6.59. The summed E-state index contributed by atoms with van der Waals surface area (Å²) >= 11 is -0.153. The number of alkyl halides is 3. The van der Waals surface area contributed by atoms with Crippen molar-refractivity contribution in [2.45, 2.75) is 17.0 Å². The van der Waals surface area contributed by atoms with E-state index in [1.165, 1.54) is 12.1 Å². The van der Waals surface area contributed by atoms with E-state index in [-0.39, 0.29) is 23.3 Å². The third kappa shape index (κ3) is 5.09. The molecule has 0 aliphatic rings. The molecule has 0 bridgehead atoms. The summed E-state index contributed by atoms with van der Waals surface area (Å²) in [7, 11) is 1.84. The second-order valence-corrected chi connectivity index (χ2v) is 7.72. The lowest BCUT2D eigenvalue weighted by molar-refractivity contribution is -0.0328. The number of aliphatic hydroxyl groups excluding tert-OH is 1. The average molecular weight is 446 g/mol. The first-order chi connectivity index (χ1) is 14.8. The molecular formula is C21H17F3N4O2S. The van der Waals surface area contributed by atoms with Gasteiger partial charge in [0.1, 0.15) is 11.5 Å². The SMILES string of the molecule is Cn1c(Nc2ccc(SC(F)(F)F)cc2)nc2cc(Oc3ccnc(CO)c3)ccc21. The van der Waals surface area contributed by atoms with Crippen LogP contribution in [0.4, 0.5) is 24.8 Å². The van der Waals surface area contributed by atoms with E-state index in [1.54, 1.807) is 42.6 Å². The number of pyridine rings is 1. The van der Waals surface area contributed by atoms with E-state index < -0.39 is 5.51 Å². The molecule has 0 aliphatic heterocycles. The fourth-order valence-corrected chi connectivity index (χ4v) is 3.51. The Kier molecular flexibility index (Phi) is 5.75. The van der Waals surface area contributed by atoms with Crippen LogP contribution in [-0.4, -0.2) is 25.1 Å². The molecule has 0 radical (unpaired) electrons. The number of ether oxygens (including phenoxy) is 1. The number of hydrogen-bond acceptors (Lipinski definition) is 6. The van der Waals surface area contributed by atoms with Gasteiger partial charge in [-0.1, -0.05) is 0 Å². The Morgan fingerprint density at radius 2 is 1.81 bits per heavy atom. The van der Waals surface area contributed by atoms with Gasteiger partial charge in [-0.05, 0) is 54.2 Å². The van der Waals surface area contributed by atoms with Crippen molar-refractivity contribution in [3.8, 4) is 11.5 Å². The molecule has 160 valence electrons. The lowest BCUT2D eigenvalue weighted by Gasteiger charge is -2.08. The molecule has 4 rings (SSSR count). The highest BCUT2D eigenvalue weighted by atomic mass is 32.2. The predicted octanol–water partition coefficient (Wildman–Crippen LogP) is 5.61. The number of halogens is 3. The van der Waals surface area contributed by atoms with E-state index in [4.69, 9.17) is 4.74 Å². The van der Waals surface area contributed by atoms with Crippen molar-refractivity contribution in [3.63, 3.8) is 0 Å². The number of benzene rings is 2. The van der Waals surface area contributed by atoms with Gasteiger partial charge in [-0.2, -0.15) is 13.2 Å². The first kappa shape index (κ1) is 21.0. The smallest absolute Gasteiger partial charge is 0.446 e. The van der Waals surface area contributed by atoms with Crippen molar-refractivity contribution in [2.75, 3.05) is 5.32 Å². The molecule has 0 spiro atoms. The van der Waals surface area contributed by atoms with Crippen molar-refractivity contribution in [2.24, 2.45) is 7.05 Å². The van der Waals surface area contributed by atoms with Crippen molar-refractivity contribution < 1.29 is 23.0 Å². The summed E-state index contributed by atoms with van der Waals surface area (Å²) in [6.07, 6.45) is 1.56. The summed E-state index contributed by atoms with van der Waals surface area (Å²) in [5, 5.41) is 12.3. The number of hydrogen-bond donors (Lipinski definition) is 2. The molecule has 2 aromatic heterocycles. The van der Waals surface area contributed by atoms with Gasteiger partial charge >= 0.3 is 5.51 Å². The van der Waals surface area contributed by atoms with Crippen LogP contribution in [0.15, 0.2) is 65.7 Å². The first-order valence-electron chi connectivity index (χ1n) is 9.14. The quantitative estimate of drug-likeness (QED) is 0.375. The molecule has 2 aromatic carbocycles. The Balaban J connectivity index is 1.53. The number of rotatable bonds is 6. The maximum absolute atomic E-state index is 12.5. The Hall–Kier alpha value is -3.24. The molecule has 10 heteroatoms. The third-order valence-corrected chi connectivity index (χ3v) is 5.12. The predicted molar refractivity (Wildman–Crippen MR) is 113 cm³/mol. The lowest BCUT2D eigenvalue weighted by Crippen LogP contribution is -2.00. The van der Waals surface area contributed by atoms with E-state index in [2.05, 4.69) is 15.3 Å². The van der Waals surface area contributed by atoms with Crippen LogP contribution < -0.4 is 10.1 Å². The van der Waals surface area contributed by atoms with Crippen LogP contribution in [0, 0.1) is 0 Å². The van der Waals surface area contributed by atoms with Crippen LogP contribution >= 0.6 is 11.8 Å². The number of fused-ring (bicyclic) bond motifs is 1. The Morgan fingerprint density at radius 3 is 2.52 bits per heavy atom. The Morgan fingerprint density at radius 1 is 1.06 bits per heavy atom. The van der Waals surface area contributed by atoms with E-state index in [0.717, 1.165) is 5.52 Å². The maximum Gasteiger partial charge on any atom is 0.446 e. The van der Waals surface area contributed by atoms with Gasteiger partial charge in [-0.25, -0.2) is 4.98 Å². The highest BCUT2D eigenvalue weighted by molar-refractivity contribution is 8.00. The van der Waals surface area contributed by atoms with Gasteiger partial charge < -0.3 is 19.7 Å². The zero-order valence-electron chi connectivity index (χ0n) is 16.2. The first-order valence-corrected chi connectivity index (χ1v) is 9.95. The van der Waals surface area contributed by atoms with Gasteiger partial charge in [-0.3, -0.25) is 4.98 Å². The molecule has 2 N–H and O–H groups in total. The molecule has 0 amide bonds. The summed E-state index contributed by atoms with van der Waals surface area (Å²) in [4.78, 5) is 8.69. The number of nitrogens with one attached hydrogen (secondary N) is 1. The summed E-state index contributed by atoms with van der Waals surface area (Å²) in [6, 6.07) is 14.7. The third-order valence-electron chi connectivity index (χ3n) is 4.38. The molecular weight excluding hydrogens is 429 g/mol. The van der Waals surface area contributed by atoms with E-state index >= 15 is 0 Å². The van der Waals surface area contributed by atoms with Crippen LogP contribution in [0.5, 0.6) is 11.5 Å². The number of aromatic nitrogens is 3. The summed E-state index contributed by atoms with van der Waals surface area (Å²) in [6.45, 7) is -0.179. The molecule has 0 atom stereocenters. The molecule has 0 unspecified atom stereocenters. The molecule has 0 fully saturated rings. The fraction of sp³-hybridized carbons (Fsp3) is 0.143. The molecule has 4 aromatic rings. The van der Waals surface area contributed by atoms with Crippen LogP contribution in [0.3, 0.4) is 0 Å². The van der Waals surface area contributed by atoms with Gasteiger partial charge in [0.05, 0.1) is 23.3 Å². The highest BCUT2D eigenvalue weighted by Crippen LogP contribution is 2.37. The summed E-state index contributed by atoms with van der Waals surface area (Å²) in [5.41, 5.74) is -1.66. The van der Waals surface area contributed by atoms with Gasteiger partial charge in [0.2, 0.25) is 5.95 Å². The van der Waals surface area contributed by atoms with Crippen LogP contribution in [0.1, 0.15) is 5.69 Å². The normalized spacial score (nSPS) is 11.6. The minimum absolute atomic E-state index is 0.116. The van der Waals surface area contributed by atoms with E-state index in [9.17, 15) is 18.3 Å². The van der Waals surface area contributed by atoms with E-state index in [1.807, 2.05) is 17.7 Å². The molecule has 31 heavy (non-hydrogen) atoms. The second kappa shape index (κ2) is 8.48. The van der Waals surface area contributed by atoms with Gasteiger partial charge in [0.25, 0.3) is 0 Å².